The van der Waals surface area contributed by atoms with Gasteiger partial charge in [-0.2, -0.15) is 8.78 Å². The molecule has 1 unspecified atom stereocenters. The smallest absolute Gasteiger partial charge is 0.387 e. The molecule has 6 nitrogen and oxygen atoms in total. The Balaban J connectivity index is 1.73. The number of benzene rings is 2. The van der Waals surface area contributed by atoms with Crippen molar-refractivity contribution in [1.29, 1.82) is 0 Å². The van der Waals surface area contributed by atoms with Crippen molar-refractivity contribution >= 4 is 28.4 Å². The summed E-state index contributed by atoms with van der Waals surface area (Å²) in [6, 6.07) is 12.5. The lowest BCUT2D eigenvalue weighted by atomic mass is 9.84. The van der Waals surface area contributed by atoms with Gasteiger partial charge in [-0.3, -0.25) is 14.5 Å². The van der Waals surface area contributed by atoms with Gasteiger partial charge in [0.15, 0.2) is 0 Å². The van der Waals surface area contributed by atoms with E-state index in [1.165, 1.54) is 17.9 Å². The van der Waals surface area contributed by atoms with Gasteiger partial charge in [0.1, 0.15) is 5.75 Å². The molecule has 0 bridgehead atoms. The molecule has 3 aromatic rings. The molecule has 1 N–H and O–H groups in total. The average molecular weight is 480 g/mol. The minimum atomic E-state index is -2.96. The summed E-state index contributed by atoms with van der Waals surface area (Å²) < 4.78 is 32.8. The van der Waals surface area contributed by atoms with Gasteiger partial charge in [0, 0.05) is 42.4 Å². The van der Waals surface area contributed by atoms with Crippen LogP contribution in [0.2, 0.25) is 0 Å². The van der Waals surface area contributed by atoms with E-state index in [0.717, 1.165) is 35.1 Å². The van der Waals surface area contributed by atoms with Crippen molar-refractivity contribution in [3.8, 4) is 5.75 Å². The predicted octanol–water partition coefficient (Wildman–Crippen LogP) is 5.49. The Morgan fingerprint density at radius 3 is 2.69 bits per heavy atom. The fourth-order valence-corrected chi connectivity index (χ4v) is 5.07. The highest BCUT2D eigenvalue weighted by Crippen LogP contribution is 2.47. The molecular weight excluding hydrogens is 452 g/mol. The standard InChI is InChI=1S/C27H27F2N3O3/c1-15(2)10-11-31-13-19-23(17-6-4-7-18(12-17)35-27(28)29)25-21(14-32(16(3)33)26(25)34)30-20-8-5-9-22(31)24(19)20/h4-9,12-13,15,23,27,30H,10-11,14H2,1-3H3. The quantitative estimate of drug-likeness (QED) is 0.508. The third kappa shape index (κ3) is 4.07. The van der Waals surface area contributed by atoms with Crippen molar-refractivity contribution in [2.75, 3.05) is 11.9 Å². The molecule has 2 aromatic carbocycles. The summed E-state index contributed by atoms with van der Waals surface area (Å²) >= 11 is 0. The number of carbonyl (C=O) groups excluding carboxylic acids is 2. The molecule has 0 fully saturated rings. The number of anilines is 1. The summed E-state index contributed by atoms with van der Waals surface area (Å²) in [6.45, 7) is 3.70. The van der Waals surface area contributed by atoms with Gasteiger partial charge in [0.05, 0.1) is 17.6 Å². The summed E-state index contributed by atoms with van der Waals surface area (Å²) in [5.41, 5.74) is 4.53. The van der Waals surface area contributed by atoms with Crippen molar-refractivity contribution in [3.63, 3.8) is 0 Å². The molecule has 182 valence electrons. The van der Waals surface area contributed by atoms with Gasteiger partial charge in [-0.25, -0.2) is 0 Å². The van der Waals surface area contributed by atoms with E-state index in [9.17, 15) is 18.4 Å². The third-order valence-electron chi connectivity index (χ3n) is 6.68. The van der Waals surface area contributed by atoms with Crippen LogP contribution in [0.1, 0.15) is 44.2 Å². The highest BCUT2D eigenvalue weighted by molar-refractivity contribution is 6.11. The maximum absolute atomic E-state index is 13.5. The Bertz CT molecular complexity index is 1360. The molecule has 3 heterocycles. The van der Waals surface area contributed by atoms with Gasteiger partial charge in [-0.15, -0.1) is 0 Å². The monoisotopic (exact) mass is 479 g/mol. The van der Waals surface area contributed by atoms with Crippen LogP contribution in [0.25, 0.3) is 10.9 Å². The first-order chi connectivity index (χ1) is 16.7. The van der Waals surface area contributed by atoms with Crippen LogP contribution in [0.5, 0.6) is 5.75 Å². The lowest BCUT2D eigenvalue weighted by molar-refractivity contribution is -0.139. The van der Waals surface area contributed by atoms with E-state index in [1.54, 1.807) is 12.1 Å². The number of carbonyl (C=O) groups is 2. The Labute approximate surface area is 202 Å². The summed E-state index contributed by atoms with van der Waals surface area (Å²) in [5, 5.41) is 4.41. The summed E-state index contributed by atoms with van der Waals surface area (Å²) in [6.07, 6.45) is 3.04. The molecule has 2 aliphatic rings. The van der Waals surface area contributed by atoms with Crippen LogP contribution in [0.4, 0.5) is 14.5 Å². The predicted molar refractivity (Wildman–Crippen MR) is 129 cm³/mol. The van der Waals surface area contributed by atoms with Crippen LogP contribution < -0.4 is 10.1 Å². The maximum atomic E-state index is 13.5. The number of ether oxygens (including phenoxy) is 1. The number of aromatic nitrogens is 1. The van der Waals surface area contributed by atoms with E-state index in [1.807, 2.05) is 18.2 Å². The minimum absolute atomic E-state index is 0.0227. The Morgan fingerprint density at radius 2 is 1.97 bits per heavy atom. The van der Waals surface area contributed by atoms with Crippen molar-refractivity contribution in [2.24, 2.45) is 5.92 Å². The lowest BCUT2D eigenvalue weighted by Gasteiger charge is -2.20. The number of hydrogen-bond acceptors (Lipinski definition) is 4. The molecule has 0 saturated carbocycles. The number of nitrogens with one attached hydrogen (secondary N) is 1. The highest BCUT2D eigenvalue weighted by atomic mass is 19.3. The van der Waals surface area contributed by atoms with E-state index in [0.29, 0.717) is 22.8 Å². The number of hydrogen-bond donors (Lipinski definition) is 1. The second-order valence-corrected chi connectivity index (χ2v) is 9.47. The zero-order chi connectivity index (χ0) is 24.9. The number of imide groups is 1. The lowest BCUT2D eigenvalue weighted by Crippen LogP contribution is -2.33. The van der Waals surface area contributed by atoms with Crippen LogP contribution in [0, 0.1) is 5.92 Å². The maximum Gasteiger partial charge on any atom is 0.387 e. The summed E-state index contributed by atoms with van der Waals surface area (Å²) in [4.78, 5) is 27.0. The fraction of sp³-hybridized carbons (Fsp3) is 0.333. The molecule has 5 rings (SSSR count). The van der Waals surface area contributed by atoms with Crippen LogP contribution in [-0.4, -0.2) is 34.4 Å². The van der Waals surface area contributed by atoms with Gasteiger partial charge in [0.2, 0.25) is 5.91 Å². The van der Waals surface area contributed by atoms with E-state index >= 15 is 0 Å². The van der Waals surface area contributed by atoms with E-state index < -0.39 is 12.5 Å². The van der Waals surface area contributed by atoms with Crippen LogP contribution >= 0.6 is 0 Å². The summed E-state index contributed by atoms with van der Waals surface area (Å²) in [7, 11) is 0. The highest BCUT2D eigenvalue weighted by Gasteiger charge is 2.41. The van der Waals surface area contributed by atoms with Gasteiger partial charge in [-0.1, -0.05) is 32.0 Å². The second-order valence-electron chi connectivity index (χ2n) is 9.47. The number of alkyl halides is 2. The average Bonchev–Trinajstić information content (AvgIpc) is 3.27. The van der Waals surface area contributed by atoms with Crippen molar-refractivity contribution in [1.82, 2.24) is 9.47 Å². The molecule has 35 heavy (non-hydrogen) atoms. The van der Waals surface area contributed by atoms with Crippen molar-refractivity contribution in [2.45, 2.75) is 46.3 Å². The number of amides is 2. The van der Waals surface area contributed by atoms with Crippen LogP contribution in [-0.2, 0) is 16.1 Å². The molecule has 2 aliphatic heterocycles. The zero-order valence-electron chi connectivity index (χ0n) is 19.8. The van der Waals surface area contributed by atoms with Crippen LogP contribution in [0.15, 0.2) is 59.9 Å². The van der Waals surface area contributed by atoms with Gasteiger partial charge in [-0.05, 0) is 47.7 Å². The molecule has 0 spiro atoms. The second kappa shape index (κ2) is 8.83. The molecule has 0 radical (unpaired) electrons. The first kappa shape index (κ1) is 23.1. The zero-order valence-corrected chi connectivity index (χ0v) is 19.8. The first-order valence-corrected chi connectivity index (χ1v) is 11.7. The number of nitrogens with zero attached hydrogens (tertiary/aromatic N) is 2. The number of halogens is 2. The third-order valence-corrected chi connectivity index (χ3v) is 6.68. The SMILES string of the molecule is CC(=O)N1CC2=C(C1=O)C(c1cccc(OC(F)F)c1)c1cn(CCC(C)C)c3cccc(c13)N2. The molecule has 2 amide bonds. The molecule has 8 heteroatoms. The molecule has 0 saturated heterocycles. The number of rotatable bonds is 6. The Kier molecular flexibility index (Phi) is 5.83. The molecule has 0 aliphatic carbocycles. The van der Waals surface area contributed by atoms with Crippen LogP contribution in [0.3, 0.4) is 0 Å². The fourth-order valence-electron chi connectivity index (χ4n) is 5.07. The Hall–Kier alpha value is -3.68. The topological polar surface area (TPSA) is 63.6 Å². The summed E-state index contributed by atoms with van der Waals surface area (Å²) in [5.74, 6) is -0.733. The largest absolute Gasteiger partial charge is 0.435 e. The molecular formula is C27H27F2N3O3. The van der Waals surface area contributed by atoms with Gasteiger partial charge < -0.3 is 14.6 Å². The van der Waals surface area contributed by atoms with E-state index in [-0.39, 0.29) is 24.1 Å². The molecule has 1 aromatic heterocycles. The first-order valence-electron chi connectivity index (χ1n) is 11.7. The van der Waals surface area contributed by atoms with Gasteiger partial charge in [0.25, 0.3) is 5.91 Å². The Morgan fingerprint density at radius 1 is 1.20 bits per heavy atom. The van der Waals surface area contributed by atoms with Crippen molar-refractivity contribution in [3.05, 3.63) is 71.1 Å². The normalized spacial score (nSPS) is 17.3. The van der Waals surface area contributed by atoms with E-state index in [2.05, 4.69) is 40.7 Å². The van der Waals surface area contributed by atoms with Gasteiger partial charge >= 0.3 is 6.61 Å². The molecule has 1 atom stereocenters. The number of aryl methyl sites for hydroxylation is 1. The minimum Gasteiger partial charge on any atom is -0.435 e. The van der Waals surface area contributed by atoms with E-state index in [4.69, 9.17) is 0 Å². The van der Waals surface area contributed by atoms with Crippen molar-refractivity contribution < 1.29 is 23.1 Å².